The quantitative estimate of drug-likeness (QED) is 0.924. The molecule has 3 unspecified atom stereocenters. The van der Waals surface area contributed by atoms with Gasteiger partial charge in [0, 0.05) is 24.7 Å². The average Bonchev–Trinajstić information content (AvgIpc) is 2.80. The van der Waals surface area contributed by atoms with Crippen molar-refractivity contribution >= 4 is 5.91 Å². The van der Waals surface area contributed by atoms with Crippen LogP contribution in [0.4, 0.5) is 0 Å². The molecule has 3 nitrogen and oxygen atoms in total. The van der Waals surface area contributed by atoms with E-state index < -0.39 is 0 Å². The minimum atomic E-state index is 0.119. The number of hydrogen-bond acceptors (Lipinski definition) is 2. The Morgan fingerprint density at radius 2 is 1.95 bits per heavy atom. The Kier molecular flexibility index (Phi) is 3.26. The lowest BCUT2D eigenvalue weighted by Gasteiger charge is -2.41. The SMILES string of the molecule is CCN(C(=O)C1Cc2ccccc21)C1CC2CCC(C1)N2. The first-order chi connectivity index (χ1) is 10.3. The lowest BCUT2D eigenvalue weighted by atomic mass is 9.76. The smallest absolute Gasteiger partial charge is 0.230 e. The van der Waals surface area contributed by atoms with Gasteiger partial charge < -0.3 is 10.2 Å². The van der Waals surface area contributed by atoms with Crippen LogP contribution in [0.2, 0.25) is 0 Å². The molecule has 3 heteroatoms. The minimum Gasteiger partial charge on any atom is -0.339 e. The minimum absolute atomic E-state index is 0.119. The van der Waals surface area contributed by atoms with Gasteiger partial charge in [0.05, 0.1) is 5.92 Å². The third-order valence-electron chi connectivity index (χ3n) is 5.67. The number of nitrogens with one attached hydrogen (secondary N) is 1. The van der Waals surface area contributed by atoms with Crippen molar-refractivity contribution in [3.63, 3.8) is 0 Å². The van der Waals surface area contributed by atoms with E-state index in [1.54, 1.807) is 0 Å². The number of rotatable bonds is 3. The Labute approximate surface area is 126 Å². The number of likely N-dealkylation sites (N-methyl/N-ethyl adjacent to an activating group) is 1. The van der Waals surface area contributed by atoms with Crippen molar-refractivity contribution < 1.29 is 4.79 Å². The first-order valence-electron chi connectivity index (χ1n) is 8.40. The van der Waals surface area contributed by atoms with Crippen molar-refractivity contribution in [2.75, 3.05) is 6.54 Å². The largest absolute Gasteiger partial charge is 0.339 e. The van der Waals surface area contributed by atoms with Gasteiger partial charge in [-0.3, -0.25) is 4.79 Å². The number of nitrogens with zero attached hydrogens (tertiary/aromatic N) is 1. The predicted molar refractivity (Wildman–Crippen MR) is 83.2 cm³/mol. The summed E-state index contributed by atoms with van der Waals surface area (Å²) in [5.41, 5.74) is 2.62. The van der Waals surface area contributed by atoms with Crippen LogP contribution in [-0.4, -0.2) is 35.5 Å². The first-order valence-corrected chi connectivity index (χ1v) is 8.40. The fourth-order valence-corrected chi connectivity index (χ4v) is 4.56. The molecule has 2 fully saturated rings. The number of hydrogen-bond donors (Lipinski definition) is 1. The fourth-order valence-electron chi connectivity index (χ4n) is 4.56. The van der Waals surface area contributed by atoms with Gasteiger partial charge in [0.1, 0.15) is 0 Å². The van der Waals surface area contributed by atoms with E-state index in [-0.39, 0.29) is 5.92 Å². The van der Waals surface area contributed by atoms with Crippen molar-refractivity contribution in [1.82, 2.24) is 10.2 Å². The van der Waals surface area contributed by atoms with Crippen LogP contribution in [-0.2, 0) is 11.2 Å². The van der Waals surface area contributed by atoms with Gasteiger partial charge in [0.25, 0.3) is 0 Å². The van der Waals surface area contributed by atoms with E-state index in [1.807, 2.05) is 0 Å². The molecule has 2 saturated heterocycles. The summed E-state index contributed by atoms with van der Waals surface area (Å²) in [6.45, 7) is 2.98. The molecule has 3 aliphatic rings. The highest BCUT2D eigenvalue weighted by atomic mass is 16.2. The van der Waals surface area contributed by atoms with Gasteiger partial charge in [-0.25, -0.2) is 0 Å². The summed E-state index contributed by atoms with van der Waals surface area (Å²) in [5.74, 6) is 0.483. The second-order valence-electron chi connectivity index (χ2n) is 6.84. The summed E-state index contributed by atoms with van der Waals surface area (Å²) in [5, 5.41) is 3.67. The van der Waals surface area contributed by atoms with Gasteiger partial charge >= 0.3 is 0 Å². The zero-order valence-electron chi connectivity index (χ0n) is 12.7. The molecule has 21 heavy (non-hydrogen) atoms. The molecule has 3 atom stereocenters. The van der Waals surface area contributed by atoms with Gasteiger partial charge in [0.2, 0.25) is 5.91 Å². The van der Waals surface area contributed by atoms with Crippen LogP contribution in [0, 0.1) is 0 Å². The van der Waals surface area contributed by atoms with Crippen molar-refractivity contribution in [3.8, 4) is 0 Å². The normalized spacial score (nSPS) is 33.2. The number of benzene rings is 1. The monoisotopic (exact) mass is 284 g/mol. The second-order valence-corrected chi connectivity index (χ2v) is 6.84. The molecule has 1 N–H and O–H groups in total. The molecular formula is C18H24N2O. The molecular weight excluding hydrogens is 260 g/mol. The highest BCUT2D eigenvalue weighted by molar-refractivity contribution is 5.87. The van der Waals surface area contributed by atoms with Crippen molar-refractivity contribution in [1.29, 1.82) is 0 Å². The number of piperidine rings is 1. The maximum absolute atomic E-state index is 13.0. The third kappa shape index (κ3) is 2.18. The number of fused-ring (bicyclic) bond motifs is 3. The van der Waals surface area contributed by atoms with Gasteiger partial charge in [-0.1, -0.05) is 24.3 Å². The molecule has 1 aliphatic carbocycles. The zero-order valence-corrected chi connectivity index (χ0v) is 12.7. The molecule has 4 rings (SSSR count). The van der Waals surface area contributed by atoms with Crippen LogP contribution in [0.1, 0.15) is 49.7 Å². The maximum atomic E-state index is 13.0. The highest BCUT2D eigenvalue weighted by Gasteiger charge is 2.41. The summed E-state index contributed by atoms with van der Waals surface area (Å²) >= 11 is 0. The highest BCUT2D eigenvalue weighted by Crippen LogP contribution is 2.38. The molecule has 0 aromatic heterocycles. The second kappa shape index (κ2) is 5.13. The molecule has 1 amide bonds. The Bertz CT molecular complexity index is 544. The molecule has 112 valence electrons. The van der Waals surface area contributed by atoms with E-state index >= 15 is 0 Å². The van der Waals surface area contributed by atoms with Gasteiger partial charge in [-0.2, -0.15) is 0 Å². The van der Waals surface area contributed by atoms with E-state index in [2.05, 4.69) is 41.4 Å². The van der Waals surface area contributed by atoms with Gasteiger partial charge in [0.15, 0.2) is 0 Å². The fraction of sp³-hybridized carbons (Fsp3) is 0.611. The first kappa shape index (κ1) is 13.3. The summed E-state index contributed by atoms with van der Waals surface area (Å²) in [4.78, 5) is 15.1. The Balaban J connectivity index is 1.50. The number of amides is 1. The molecule has 2 aliphatic heterocycles. The van der Waals surface area contributed by atoms with Crippen molar-refractivity contribution in [2.45, 2.75) is 63.1 Å². The Morgan fingerprint density at radius 1 is 1.24 bits per heavy atom. The van der Waals surface area contributed by atoms with Crippen molar-refractivity contribution in [3.05, 3.63) is 35.4 Å². The van der Waals surface area contributed by atoms with Gasteiger partial charge in [-0.05, 0) is 50.2 Å². The molecule has 0 saturated carbocycles. The number of carbonyl (C=O) groups excluding carboxylic acids is 1. The molecule has 2 heterocycles. The molecule has 0 spiro atoms. The summed E-state index contributed by atoms with van der Waals surface area (Å²) in [7, 11) is 0. The molecule has 2 bridgehead atoms. The van der Waals surface area contributed by atoms with Crippen molar-refractivity contribution in [2.24, 2.45) is 0 Å². The predicted octanol–water partition coefficient (Wildman–Crippen LogP) is 2.46. The Morgan fingerprint density at radius 3 is 2.62 bits per heavy atom. The van der Waals surface area contributed by atoms with E-state index in [1.165, 1.54) is 24.0 Å². The number of carbonyl (C=O) groups is 1. The third-order valence-corrected chi connectivity index (χ3v) is 5.67. The lowest BCUT2D eigenvalue weighted by Crippen LogP contribution is -2.52. The maximum Gasteiger partial charge on any atom is 0.230 e. The lowest BCUT2D eigenvalue weighted by molar-refractivity contribution is -0.136. The van der Waals surface area contributed by atoms with E-state index in [0.29, 0.717) is 24.0 Å². The van der Waals surface area contributed by atoms with Crippen LogP contribution in [0.15, 0.2) is 24.3 Å². The standard InChI is InChI=1S/C18H24N2O/c1-2-20(15-10-13-7-8-14(11-15)19-13)18(21)17-9-12-5-3-4-6-16(12)17/h3-6,13-15,17,19H,2,7-11H2,1H3. The summed E-state index contributed by atoms with van der Waals surface area (Å²) in [6.07, 6.45) is 5.80. The topological polar surface area (TPSA) is 32.3 Å². The van der Waals surface area contributed by atoms with Crippen LogP contribution < -0.4 is 5.32 Å². The van der Waals surface area contributed by atoms with E-state index in [4.69, 9.17) is 0 Å². The average molecular weight is 284 g/mol. The van der Waals surface area contributed by atoms with Crippen LogP contribution in [0.5, 0.6) is 0 Å². The van der Waals surface area contributed by atoms with Crippen LogP contribution in [0.3, 0.4) is 0 Å². The Hall–Kier alpha value is -1.35. The summed E-state index contributed by atoms with van der Waals surface area (Å²) < 4.78 is 0. The molecule has 1 aromatic rings. The molecule has 1 aromatic carbocycles. The zero-order chi connectivity index (χ0) is 14.4. The van der Waals surface area contributed by atoms with Crippen LogP contribution >= 0.6 is 0 Å². The molecule has 0 radical (unpaired) electrons. The van der Waals surface area contributed by atoms with Gasteiger partial charge in [-0.15, -0.1) is 0 Å². The van der Waals surface area contributed by atoms with E-state index in [0.717, 1.165) is 25.8 Å². The summed E-state index contributed by atoms with van der Waals surface area (Å²) in [6, 6.07) is 10.1. The van der Waals surface area contributed by atoms with E-state index in [9.17, 15) is 4.79 Å². The van der Waals surface area contributed by atoms with Crippen LogP contribution in [0.25, 0.3) is 0 Å².